The van der Waals surface area contributed by atoms with Gasteiger partial charge in [0.05, 0.1) is 9.93 Å². The summed E-state index contributed by atoms with van der Waals surface area (Å²) < 4.78 is 0. The molecule has 0 spiro atoms. The van der Waals surface area contributed by atoms with Crippen LogP contribution in [0.15, 0.2) is 17.9 Å². The Balaban J connectivity index is 2.42. The molecule has 2 aromatic heterocycles. The van der Waals surface area contributed by atoms with Crippen molar-refractivity contribution in [3.63, 3.8) is 0 Å². The predicted molar refractivity (Wildman–Crippen MR) is 63.2 cm³/mol. The topological polar surface area (TPSA) is 93.8 Å². The van der Waals surface area contributed by atoms with Gasteiger partial charge in [-0.3, -0.25) is 10.1 Å². The van der Waals surface area contributed by atoms with Gasteiger partial charge in [0.15, 0.2) is 0 Å². The molecule has 0 bridgehead atoms. The van der Waals surface area contributed by atoms with E-state index in [4.69, 9.17) is 0 Å². The summed E-state index contributed by atoms with van der Waals surface area (Å²) in [4.78, 5) is 22.4. The number of nitrogens with one attached hydrogen (secondary N) is 1. The lowest BCUT2D eigenvalue weighted by Gasteiger charge is -2.04. The normalized spacial score (nSPS) is 10.2. The first-order chi connectivity index (χ1) is 8.22. The van der Waals surface area contributed by atoms with Crippen LogP contribution in [0, 0.1) is 10.1 Å². The molecule has 0 amide bonds. The molecule has 0 aliphatic carbocycles. The predicted octanol–water partition coefficient (Wildman–Crippen LogP) is 1.47. The van der Waals surface area contributed by atoms with Gasteiger partial charge in [-0.15, -0.1) is 11.3 Å². The van der Waals surface area contributed by atoms with Gasteiger partial charge in [0.1, 0.15) is 12.0 Å². The number of nitrogens with zero attached hydrogens (tertiary/aromatic N) is 4. The second-order valence-corrected chi connectivity index (χ2v) is 4.11. The Bertz CT molecular complexity index is 528. The van der Waals surface area contributed by atoms with Gasteiger partial charge in [0.25, 0.3) is 0 Å². The smallest absolute Gasteiger partial charge is 0.333 e. The summed E-state index contributed by atoms with van der Waals surface area (Å²) >= 11 is 1.44. The minimum atomic E-state index is -0.477. The maximum absolute atomic E-state index is 11.0. The van der Waals surface area contributed by atoms with Crippen LogP contribution in [0.5, 0.6) is 0 Å². The van der Waals surface area contributed by atoms with E-state index in [9.17, 15) is 10.1 Å². The molecule has 17 heavy (non-hydrogen) atoms. The zero-order valence-electron chi connectivity index (χ0n) is 8.95. The van der Waals surface area contributed by atoms with Crippen molar-refractivity contribution in [1.29, 1.82) is 0 Å². The van der Waals surface area contributed by atoms with Crippen LogP contribution in [0.3, 0.4) is 0 Å². The van der Waals surface area contributed by atoms with Crippen LogP contribution in [-0.4, -0.2) is 26.9 Å². The fraction of sp³-hybridized carbons (Fsp3) is 0.222. The number of hydrogen-bond acceptors (Lipinski definition) is 7. The largest absolute Gasteiger partial charge is 0.367 e. The van der Waals surface area contributed by atoms with Gasteiger partial charge in [-0.2, -0.15) is 0 Å². The Morgan fingerprint density at radius 3 is 2.88 bits per heavy atom. The Kier molecular flexibility index (Phi) is 3.24. The quantitative estimate of drug-likeness (QED) is 0.653. The summed E-state index contributed by atoms with van der Waals surface area (Å²) in [7, 11) is 1.59. The van der Waals surface area contributed by atoms with Crippen LogP contribution < -0.4 is 5.32 Å². The summed E-state index contributed by atoms with van der Waals surface area (Å²) in [5, 5.41) is 16.3. The lowest BCUT2D eigenvalue weighted by atomic mass is 10.2. The SMILES string of the molecule is CNc1ncnc(Cc2nccs2)c1[N+](=O)[O-]. The van der Waals surface area contributed by atoms with Gasteiger partial charge < -0.3 is 5.32 Å². The van der Waals surface area contributed by atoms with Crippen LogP contribution in [0.4, 0.5) is 11.5 Å². The van der Waals surface area contributed by atoms with E-state index in [1.165, 1.54) is 17.7 Å². The van der Waals surface area contributed by atoms with Crippen molar-refractivity contribution in [3.05, 3.63) is 38.7 Å². The fourth-order valence-electron chi connectivity index (χ4n) is 1.40. The Morgan fingerprint density at radius 1 is 1.47 bits per heavy atom. The molecule has 8 heteroatoms. The third-order valence-corrected chi connectivity index (χ3v) is 2.90. The van der Waals surface area contributed by atoms with Crippen molar-refractivity contribution >= 4 is 22.8 Å². The molecule has 0 atom stereocenters. The van der Waals surface area contributed by atoms with E-state index in [1.54, 1.807) is 13.2 Å². The lowest BCUT2D eigenvalue weighted by Crippen LogP contribution is -2.05. The van der Waals surface area contributed by atoms with Crippen molar-refractivity contribution in [1.82, 2.24) is 15.0 Å². The van der Waals surface area contributed by atoms with E-state index in [0.29, 0.717) is 12.1 Å². The molecule has 1 N–H and O–H groups in total. The summed E-state index contributed by atoms with van der Waals surface area (Å²) in [6.07, 6.45) is 3.30. The minimum absolute atomic E-state index is 0.0924. The first kappa shape index (κ1) is 11.4. The fourth-order valence-corrected chi connectivity index (χ4v) is 2.02. The first-order valence-corrected chi connectivity index (χ1v) is 5.64. The molecule has 0 saturated heterocycles. The number of nitro groups is 1. The molecule has 88 valence electrons. The van der Waals surface area contributed by atoms with Crippen molar-refractivity contribution in [2.45, 2.75) is 6.42 Å². The standard InChI is InChI=1S/C9H9N5O2S/c1-10-9-8(14(15)16)6(12-5-13-9)4-7-11-2-3-17-7/h2-3,5H,4H2,1H3,(H,10,12,13). The Labute approximate surface area is 101 Å². The van der Waals surface area contributed by atoms with Gasteiger partial charge in [-0.1, -0.05) is 0 Å². The summed E-state index contributed by atoms with van der Waals surface area (Å²) in [5.74, 6) is 0.219. The minimum Gasteiger partial charge on any atom is -0.367 e. The van der Waals surface area contributed by atoms with Crippen LogP contribution in [0.25, 0.3) is 0 Å². The lowest BCUT2D eigenvalue weighted by molar-refractivity contribution is -0.385. The average molecular weight is 251 g/mol. The highest BCUT2D eigenvalue weighted by molar-refractivity contribution is 7.09. The second kappa shape index (κ2) is 4.83. The second-order valence-electron chi connectivity index (χ2n) is 3.13. The van der Waals surface area contributed by atoms with Gasteiger partial charge in [0, 0.05) is 25.0 Å². The highest BCUT2D eigenvalue weighted by atomic mass is 32.1. The summed E-state index contributed by atoms with van der Waals surface area (Å²) in [6.45, 7) is 0. The highest BCUT2D eigenvalue weighted by Gasteiger charge is 2.22. The van der Waals surface area contributed by atoms with Gasteiger partial charge in [0.2, 0.25) is 5.82 Å². The van der Waals surface area contributed by atoms with Gasteiger partial charge >= 0.3 is 5.69 Å². The van der Waals surface area contributed by atoms with E-state index in [-0.39, 0.29) is 11.5 Å². The molecule has 0 radical (unpaired) electrons. The number of anilines is 1. The van der Waals surface area contributed by atoms with E-state index in [0.717, 1.165) is 5.01 Å². The molecule has 0 unspecified atom stereocenters. The highest BCUT2D eigenvalue weighted by Crippen LogP contribution is 2.26. The van der Waals surface area contributed by atoms with E-state index >= 15 is 0 Å². The van der Waals surface area contributed by atoms with Crippen molar-refractivity contribution in [2.75, 3.05) is 12.4 Å². The molecular weight excluding hydrogens is 242 g/mol. The molecule has 0 aromatic carbocycles. The molecule has 2 rings (SSSR count). The van der Waals surface area contributed by atoms with E-state index < -0.39 is 4.92 Å². The number of hydrogen-bond donors (Lipinski definition) is 1. The third kappa shape index (κ3) is 2.36. The number of rotatable bonds is 4. The van der Waals surface area contributed by atoms with Crippen LogP contribution in [0.2, 0.25) is 0 Å². The summed E-state index contributed by atoms with van der Waals surface area (Å²) in [5.41, 5.74) is 0.273. The van der Waals surface area contributed by atoms with Crippen LogP contribution >= 0.6 is 11.3 Å². The van der Waals surface area contributed by atoms with Crippen LogP contribution in [-0.2, 0) is 6.42 Å². The first-order valence-electron chi connectivity index (χ1n) is 4.76. The maximum Gasteiger partial charge on any atom is 0.333 e. The molecule has 2 aromatic rings. The monoisotopic (exact) mass is 251 g/mol. The number of aromatic nitrogens is 3. The van der Waals surface area contributed by atoms with Gasteiger partial charge in [-0.25, -0.2) is 15.0 Å². The molecule has 0 fully saturated rings. The molecule has 7 nitrogen and oxygen atoms in total. The molecule has 0 aliphatic heterocycles. The van der Waals surface area contributed by atoms with E-state index in [2.05, 4.69) is 20.3 Å². The molecular formula is C9H9N5O2S. The van der Waals surface area contributed by atoms with Crippen molar-refractivity contribution in [3.8, 4) is 0 Å². The zero-order valence-corrected chi connectivity index (χ0v) is 9.77. The Morgan fingerprint density at radius 2 is 2.29 bits per heavy atom. The zero-order chi connectivity index (χ0) is 12.3. The molecule has 2 heterocycles. The number of thiazole rings is 1. The molecule has 0 aliphatic rings. The molecule has 0 saturated carbocycles. The van der Waals surface area contributed by atoms with Crippen molar-refractivity contribution < 1.29 is 4.92 Å². The van der Waals surface area contributed by atoms with Gasteiger partial charge in [-0.05, 0) is 0 Å². The van der Waals surface area contributed by atoms with Crippen LogP contribution in [0.1, 0.15) is 10.7 Å². The third-order valence-electron chi connectivity index (χ3n) is 2.12. The average Bonchev–Trinajstić information content (AvgIpc) is 2.81. The van der Waals surface area contributed by atoms with Crippen molar-refractivity contribution in [2.24, 2.45) is 0 Å². The Hall–Kier alpha value is -2.09. The maximum atomic E-state index is 11.0. The summed E-state index contributed by atoms with van der Waals surface area (Å²) in [6, 6.07) is 0. The van der Waals surface area contributed by atoms with E-state index in [1.807, 2.05) is 5.38 Å².